The summed E-state index contributed by atoms with van der Waals surface area (Å²) in [4.78, 5) is 10.4. The fraction of sp³-hybridized carbons (Fsp3) is 0.800. The number of halogens is 3. The highest BCUT2D eigenvalue weighted by Crippen LogP contribution is 2.31. The van der Waals surface area contributed by atoms with Gasteiger partial charge in [-0.25, -0.2) is 4.79 Å². The first-order valence-corrected chi connectivity index (χ1v) is 2.98. The normalized spacial score (nSPS) is 31.5. The number of amides is 2. The van der Waals surface area contributed by atoms with Crippen LogP contribution in [0, 0.1) is 0 Å². The number of carbonyl (C=O) groups excluding carboxylic acids is 1. The van der Waals surface area contributed by atoms with E-state index >= 15 is 0 Å². The topological polar surface area (TPSA) is 41.1 Å². The molecule has 1 fully saturated rings. The maximum atomic E-state index is 12.1. The molecule has 0 saturated carbocycles. The Hall–Kier alpha value is -0.940. The Morgan fingerprint density at radius 3 is 2.27 bits per heavy atom. The highest BCUT2D eigenvalue weighted by Gasteiger charge is 2.55. The third-order valence-electron chi connectivity index (χ3n) is 1.62. The van der Waals surface area contributed by atoms with Crippen LogP contribution in [0.25, 0.3) is 0 Å². The van der Waals surface area contributed by atoms with Gasteiger partial charge < -0.3 is 10.6 Å². The van der Waals surface area contributed by atoms with E-state index in [2.05, 4.69) is 0 Å². The van der Waals surface area contributed by atoms with Crippen LogP contribution in [0.15, 0.2) is 0 Å². The molecule has 3 nitrogen and oxygen atoms in total. The first kappa shape index (κ1) is 8.16. The van der Waals surface area contributed by atoms with Crippen molar-refractivity contribution in [3.05, 3.63) is 0 Å². The monoisotopic (exact) mass is 168 g/mol. The van der Waals surface area contributed by atoms with E-state index in [-0.39, 0.29) is 0 Å². The lowest BCUT2D eigenvalue weighted by Gasteiger charge is -2.25. The van der Waals surface area contributed by atoms with Gasteiger partial charge in [-0.2, -0.15) is 13.2 Å². The third kappa shape index (κ3) is 1.24. The van der Waals surface area contributed by atoms with Gasteiger partial charge in [-0.05, 0) is 6.92 Å². The highest BCUT2D eigenvalue weighted by atomic mass is 19.4. The van der Waals surface area contributed by atoms with Gasteiger partial charge in [-0.15, -0.1) is 0 Å². The number of alkyl halides is 3. The van der Waals surface area contributed by atoms with E-state index in [0.717, 1.165) is 6.92 Å². The van der Waals surface area contributed by atoms with Gasteiger partial charge in [0.15, 0.2) is 5.54 Å². The fourth-order valence-corrected chi connectivity index (χ4v) is 0.767. The second kappa shape index (κ2) is 2.02. The van der Waals surface area contributed by atoms with Crippen molar-refractivity contribution in [2.75, 3.05) is 6.54 Å². The van der Waals surface area contributed by atoms with Crippen LogP contribution in [-0.2, 0) is 0 Å². The average molecular weight is 168 g/mol. The van der Waals surface area contributed by atoms with Crippen molar-refractivity contribution in [3.8, 4) is 0 Å². The average Bonchev–Trinajstić information content (AvgIpc) is 2.10. The van der Waals surface area contributed by atoms with Crippen molar-refractivity contribution in [2.24, 2.45) is 0 Å². The van der Waals surface area contributed by atoms with E-state index < -0.39 is 24.3 Å². The molecule has 0 bridgehead atoms. The minimum absolute atomic E-state index is 0.407. The molecule has 0 spiro atoms. The lowest BCUT2D eigenvalue weighted by atomic mass is 10.0. The molecule has 1 aliphatic heterocycles. The van der Waals surface area contributed by atoms with Gasteiger partial charge in [0.1, 0.15) is 0 Å². The predicted molar refractivity (Wildman–Crippen MR) is 31.0 cm³/mol. The zero-order chi connectivity index (χ0) is 8.70. The van der Waals surface area contributed by atoms with Crippen LogP contribution in [0.5, 0.6) is 0 Å². The van der Waals surface area contributed by atoms with Gasteiger partial charge in [0, 0.05) is 0 Å². The predicted octanol–water partition coefficient (Wildman–Crippen LogP) is 0.620. The largest absolute Gasteiger partial charge is 0.413 e. The molecule has 0 aromatic carbocycles. The summed E-state index contributed by atoms with van der Waals surface area (Å²) in [7, 11) is 0. The molecule has 0 radical (unpaired) electrons. The van der Waals surface area contributed by atoms with Gasteiger partial charge in [0.2, 0.25) is 0 Å². The molecule has 1 atom stereocenters. The molecular weight excluding hydrogens is 161 g/mol. The molecule has 1 unspecified atom stereocenters. The fourth-order valence-electron chi connectivity index (χ4n) is 0.767. The standard InChI is InChI=1S/C5H7F3N2O/c1-4(5(6,7)8)2-9-3(11)10-4/h2H2,1H3,(H2,9,10,11). The molecule has 11 heavy (non-hydrogen) atoms. The molecule has 2 N–H and O–H groups in total. The van der Waals surface area contributed by atoms with Crippen molar-refractivity contribution in [1.29, 1.82) is 0 Å². The first-order valence-electron chi connectivity index (χ1n) is 2.98. The molecule has 6 heteroatoms. The summed E-state index contributed by atoms with van der Waals surface area (Å²) in [6.45, 7) is 0.528. The maximum Gasteiger partial charge on any atom is 0.413 e. The molecule has 1 saturated heterocycles. The van der Waals surface area contributed by atoms with E-state index in [1.165, 1.54) is 0 Å². The summed E-state index contributed by atoms with van der Waals surface area (Å²) in [5.41, 5.74) is -2.11. The molecular formula is C5H7F3N2O. The van der Waals surface area contributed by atoms with Crippen LogP contribution in [0.1, 0.15) is 6.92 Å². The number of urea groups is 1. The Balaban J connectivity index is 2.77. The minimum atomic E-state index is -4.40. The third-order valence-corrected chi connectivity index (χ3v) is 1.62. The Labute approximate surface area is 61.0 Å². The van der Waals surface area contributed by atoms with Gasteiger partial charge in [-0.1, -0.05) is 0 Å². The van der Waals surface area contributed by atoms with Crippen molar-refractivity contribution >= 4 is 6.03 Å². The smallest absolute Gasteiger partial charge is 0.335 e. The molecule has 1 rings (SSSR count). The van der Waals surface area contributed by atoms with Crippen molar-refractivity contribution in [2.45, 2.75) is 18.6 Å². The summed E-state index contributed by atoms with van der Waals surface area (Å²) in [6, 6.07) is -0.773. The van der Waals surface area contributed by atoms with Crippen LogP contribution in [0.4, 0.5) is 18.0 Å². The summed E-state index contributed by atoms with van der Waals surface area (Å²) in [5, 5.41) is 3.84. The second-order valence-electron chi connectivity index (χ2n) is 2.64. The summed E-state index contributed by atoms with van der Waals surface area (Å²) < 4.78 is 36.2. The molecule has 0 aromatic heterocycles. The van der Waals surface area contributed by atoms with Crippen LogP contribution < -0.4 is 10.6 Å². The van der Waals surface area contributed by atoms with Gasteiger partial charge in [-0.3, -0.25) is 0 Å². The number of rotatable bonds is 0. The summed E-state index contributed by atoms with van der Waals surface area (Å²) in [5.74, 6) is 0. The first-order chi connectivity index (χ1) is 4.85. The Morgan fingerprint density at radius 2 is 2.09 bits per heavy atom. The Bertz CT molecular complexity index is 191. The van der Waals surface area contributed by atoms with E-state index in [0.29, 0.717) is 0 Å². The van der Waals surface area contributed by atoms with Crippen LogP contribution >= 0.6 is 0 Å². The van der Waals surface area contributed by atoms with E-state index in [1.807, 2.05) is 5.32 Å². The summed E-state index contributed by atoms with van der Waals surface area (Å²) >= 11 is 0. The van der Waals surface area contributed by atoms with Crippen LogP contribution in [0.3, 0.4) is 0 Å². The van der Waals surface area contributed by atoms with Gasteiger partial charge >= 0.3 is 12.2 Å². The van der Waals surface area contributed by atoms with Crippen molar-refractivity contribution in [3.63, 3.8) is 0 Å². The zero-order valence-corrected chi connectivity index (χ0v) is 5.75. The number of nitrogens with one attached hydrogen (secondary N) is 2. The highest BCUT2D eigenvalue weighted by molar-refractivity contribution is 5.77. The Morgan fingerprint density at radius 1 is 1.55 bits per heavy atom. The molecule has 1 aliphatic rings. The van der Waals surface area contributed by atoms with Gasteiger partial charge in [0.05, 0.1) is 6.54 Å². The van der Waals surface area contributed by atoms with Crippen LogP contribution in [0.2, 0.25) is 0 Å². The van der Waals surface area contributed by atoms with Crippen molar-refractivity contribution in [1.82, 2.24) is 10.6 Å². The maximum absolute atomic E-state index is 12.1. The van der Waals surface area contributed by atoms with E-state index in [9.17, 15) is 18.0 Å². The lowest BCUT2D eigenvalue weighted by molar-refractivity contribution is -0.181. The molecule has 0 aliphatic carbocycles. The second-order valence-corrected chi connectivity index (χ2v) is 2.64. The lowest BCUT2D eigenvalue weighted by Crippen LogP contribution is -2.53. The number of carbonyl (C=O) groups is 1. The summed E-state index contributed by atoms with van der Waals surface area (Å²) in [6.07, 6.45) is -4.40. The molecule has 0 aromatic rings. The minimum Gasteiger partial charge on any atom is -0.335 e. The Kier molecular flexibility index (Phi) is 1.50. The molecule has 64 valence electrons. The molecule has 2 amide bonds. The number of hydrogen-bond acceptors (Lipinski definition) is 1. The van der Waals surface area contributed by atoms with Gasteiger partial charge in [0.25, 0.3) is 0 Å². The quantitative estimate of drug-likeness (QED) is 0.547. The van der Waals surface area contributed by atoms with E-state index in [4.69, 9.17) is 0 Å². The van der Waals surface area contributed by atoms with E-state index in [1.54, 1.807) is 5.32 Å². The molecule has 1 heterocycles. The van der Waals surface area contributed by atoms with Crippen molar-refractivity contribution < 1.29 is 18.0 Å². The SMILES string of the molecule is CC1(C(F)(F)F)CNC(=O)N1. The van der Waals surface area contributed by atoms with Crippen LogP contribution in [-0.4, -0.2) is 24.3 Å². The number of hydrogen-bond donors (Lipinski definition) is 2. The zero-order valence-electron chi connectivity index (χ0n) is 5.75.